The predicted molar refractivity (Wildman–Crippen MR) is 71.4 cm³/mol. The zero-order valence-corrected chi connectivity index (χ0v) is 10.9. The van der Waals surface area contributed by atoms with Gasteiger partial charge in [-0.2, -0.15) is 0 Å². The number of hydrogen-bond acceptors (Lipinski definition) is 2. The molecule has 0 spiro atoms. The Morgan fingerprint density at radius 1 is 1.11 bits per heavy atom. The van der Waals surface area contributed by atoms with Crippen LogP contribution in [0.2, 0.25) is 0 Å². The van der Waals surface area contributed by atoms with Crippen LogP contribution < -0.4 is 11.4 Å². The lowest BCUT2D eigenvalue weighted by molar-refractivity contribution is 0.697. The standard InChI is InChI=1S/C13H19N3O2/c1-10-8-6-4-3-5-7-9-11(10)16-13(18)15(2)12(17)14-16/h8-9H,3-7H2,1-2H3,(H,14,17)/b10-8-,11-9+. The molecule has 1 aromatic rings. The average molecular weight is 249 g/mol. The highest BCUT2D eigenvalue weighted by molar-refractivity contribution is 5.62. The largest absolute Gasteiger partial charge is 0.351 e. The summed E-state index contributed by atoms with van der Waals surface area (Å²) in [6, 6.07) is 0. The first-order valence-corrected chi connectivity index (χ1v) is 6.37. The van der Waals surface area contributed by atoms with Crippen molar-refractivity contribution >= 4 is 5.70 Å². The molecular formula is C13H19N3O2. The summed E-state index contributed by atoms with van der Waals surface area (Å²) in [4.78, 5) is 23.4. The molecule has 0 atom stereocenters. The topological polar surface area (TPSA) is 59.8 Å². The molecule has 1 aliphatic rings. The van der Waals surface area contributed by atoms with E-state index in [2.05, 4.69) is 11.2 Å². The molecule has 1 aliphatic carbocycles. The first-order chi connectivity index (χ1) is 8.61. The van der Waals surface area contributed by atoms with Crippen LogP contribution >= 0.6 is 0 Å². The van der Waals surface area contributed by atoms with E-state index in [4.69, 9.17) is 0 Å². The van der Waals surface area contributed by atoms with Crippen LogP contribution in [0.25, 0.3) is 5.70 Å². The van der Waals surface area contributed by atoms with E-state index < -0.39 is 0 Å². The van der Waals surface area contributed by atoms with Gasteiger partial charge in [0.1, 0.15) is 0 Å². The van der Waals surface area contributed by atoms with Gasteiger partial charge in [-0.3, -0.25) is 0 Å². The maximum atomic E-state index is 11.9. The lowest BCUT2D eigenvalue weighted by Crippen LogP contribution is -2.25. The van der Waals surface area contributed by atoms with Crippen molar-refractivity contribution in [3.8, 4) is 0 Å². The highest BCUT2D eigenvalue weighted by Crippen LogP contribution is 2.19. The number of rotatable bonds is 1. The Bertz CT molecular complexity index is 598. The van der Waals surface area contributed by atoms with Crippen LogP contribution in [-0.4, -0.2) is 14.3 Å². The van der Waals surface area contributed by atoms with E-state index >= 15 is 0 Å². The van der Waals surface area contributed by atoms with Crippen molar-refractivity contribution in [2.75, 3.05) is 0 Å². The van der Waals surface area contributed by atoms with Gasteiger partial charge in [-0.25, -0.2) is 23.9 Å². The fraction of sp³-hybridized carbons (Fsp3) is 0.538. The van der Waals surface area contributed by atoms with Gasteiger partial charge in [0.2, 0.25) is 0 Å². The smallest absolute Gasteiger partial charge is 0.246 e. The van der Waals surface area contributed by atoms with Crippen LogP contribution in [-0.2, 0) is 7.05 Å². The molecule has 5 heteroatoms. The third kappa shape index (κ3) is 2.39. The van der Waals surface area contributed by atoms with Gasteiger partial charge in [0.25, 0.3) is 0 Å². The fourth-order valence-electron chi connectivity index (χ4n) is 2.17. The Labute approximate surface area is 105 Å². The number of aromatic nitrogens is 3. The van der Waals surface area contributed by atoms with Crippen molar-refractivity contribution in [2.45, 2.75) is 39.0 Å². The minimum Gasteiger partial charge on any atom is -0.246 e. The van der Waals surface area contributed by atoms with Crippen LogP contribution in [0.4, 0.5) is 0 Å². The molecule has 0 amide bonds. The zero-order valence-electron chi connectivity index (χ0n) is 10.9. The van der Waals surface area contributed by atoms with Crippen molar-refractivity contribution in [3.05, 3.63) is 38.7 Å². The Kier molecular flexibility index (Phi) is 3.69. The molecule has 0 aromatic carbocycles. The molecule has 1 heterocycles. The van der Waals surface area contributed by atoms with Crippen LogP contribution in [0.3, 0.4) is 0 Å². The number of nitrogens with zero attached hydrogens (tertiary/aromatic N) is 2. The number of hydrogen-bond donors (Lipinski definition) is 1. The number of aromatic amines is 1. The predicted octanol–water partition coefficient (Wildman–Crippen LogP) is 1.63. The van der Waals surface area contributed by atoms with Gasteiger partial charge in [-0.05, 0) is 38.2 Å². The summed E-state index contributed by atoms with van der Waals surface area (Å²) in [6.07, 6.45) is 9.63. The molecule has 0 unspecified atom stereocenters. The zero-order chi connectivity index (χ0) is 13.1. The number of H-pyrrole nitrogens is 1. The molecule has 0 bridgehead atoms. The minimum atomic E-state index is -0.381. The maximum Gasteiger partial charge on any atom is 0.351 e. The molecule has 18 heavy (non-hydrogen) atoms. The summed E-state index contributed by atoms with van der Waals surface area (Å²) in [5, 5.41) is 2.58. The van der Waals surface area contributed by atoms with E-state index in [1.54, 1.807) is 0 Å². The SMILES string of the molecule is CC1=C/CCCCC/C=C\1n1[nH]c(=O)n(C)c1=O. The summed E-state index contributed by atoms with van der Waals surface area (Å²) in [5.41, 5.74) is 1.15. The third-order valence-corrected chi connectivity index (χ3v) is 3.33. The molecule has 5 nitrogen and oxygen atoms in total. The Hall–Kier alpha value is -1.78. The monoisotopic (exact) mass is 249 g/mol. The van der Waals surface area contributed by atoms with Gasteiger partial charge in [0.15, 0.2) is 0 Å². The normalized spacial score (nSPS) is 23.2. The van der Waals surface area contributed by atoms with E-state index in [-0.39, 0.29) is 11.4 Å². The molecular weight excluding hydrogens is 230 g/mol. The first kappa shape index (κ1) is 12.7. The Balaban J connectivity index is 2.51. The first-order valence-electron chi connectivity index (χ1n) is 6.37. The maximum absolute atomic E-state index is 11.9. The number of allylic oxidation sites excluding steroid dienone is 4. The molecule has 0 saturated heterocycles. The second kappa shape index (κ2) is 5.25. The molecule has 2 rings (SSSR count). The lowest BCUT2D eigenvalue weighted by Gasteiger charge is -2.07. The summed E-state index contributed by atoms with van der Waals surface area (Å²) >= 11 is 0. The highest BCUT2D eigenvalue weighted by Gasteiger charge is 2.11. The molecule has 0 aliphatic heterocycles. The average Bonchev–Trinajstić information content (AvgIpc) is 2.65. The van der Waals surface area contributed by atoms with Crippen LogP contribution in [0.1, 0.15) is 39.0 Å². The molecule has 0 radical (unpaired) electrons. The van der Waals surface area contributed by atoms with Gasteiger partial charge in [0.05, 0.1) is 5.70 Å². The molecule has 1 aromatic heterocycles. The van der Waals surface area contributed by atoms with E-state index in [0.717, 1.165) is 35.1 Å². The van der Waals surface area contributed by atoms with Gasteiger partial charge < -0.3 is 0 Å². The second-order valence-corrected chi connectivity index (χ2v) is 4.71. The van der Waals surface area contributed by atoms with Crippen LogP contribution in [0, 0.1) is 0 Å². The van der Waals surface area contributed by atoms with E-state index in [1.165, 1.54) is 24.6 Å². The highest BCUT2D eigenvalue weighted by atomic mass is 16.2. The van der Waals surface area contributed by atoms with Crippen LogP contribution in [0.15, 0.2) is 27.3 Å². The van der Waals surface area contributed by atoms with Crippen molar-refractivity contribution in [1.82, 2.24) is 14.3 Å². The second-order valence-electron chi connectivity index (χ2n) is 4.71. The van der Waals surface area contributed by atoms with E-state index in [1.807, 2.05) is 13.0 Å². The minimum absolute atomic E-state index is 0.321. The third-order valence-electron chi connectivity index (χ3n) is 3.33. The van der Waals surface area contributed by atoms with E-state index in [9.17, 15) is 9.59 Å². The summed E-state index contributed by atoms with van der Waals surface area (Å²) in [6.45, 7) is 1.98. The summed E-state index contributed by atoms with van der Waals surface area (Å²) in [5.74, 6) is 0. The van der Waals surface area contributed by atoms with Crippen molar-refractivity contribution in [1.29, 1.82) is 0 Å². The Morgan fingerprint density at radius 3 is 2.39 bits per heavy atom. The van der Waals surface area contributed by atoms with Gasteiger partial charge in [-0.1, -0.05) is 18.6 Å². The molecule has 0 saturated carbocycles. The van der Waals surface area contributed by atoms with Crippen molar-refractivity contribution in [2.24, 2.45) is 7.05 Å². The Morgan fingerprint density at radius 2 is 1.78 bits per heavy atom. The van der Waals surface area contributed by atoms with Gasteiger partial charge >= 0.3 is 11.4 Å². The lowest BCUT2D eigenvalue weighted by atomic mass is 10.1. The van der Waals surface area contributed by atoms with Crippen molar-refractivity contribution in [3.63, 3.8) is 0 Å². The summed E-state index contributed by atoms with van der Waals surface area (Å²) in [7, 11) is 1.48. The van der Waals surface area contributed by atoms with Crippen LogP contribution in [0.5, 0.6) is 0 Å². The van der Waals surface area contributed by atoms with E-state index in [0.29, 0.717) is 0 Å². The van der Waals surface area contributed by atoms with Crippen molar-refractivity contribution < 1.29 is 0 Å². The molecule has 98 valence electrons. The number of nitrogens with one attached hydrogen (secondary N) is 1. The summed E-state index contributed by atoms with van der Waals surface area (Å²) < 4.78 is 2.43. The molecule has 1 N–H and O–H groups in total. The van der Waals surface area contributed by atoms with Gasteiger partial charge in [-0.15, -0.1) is 0 Å². The quantitative estimate of drug-likeness (QED) is 0.822. The molecule has 0 fully saturated rings. The van der Waals surface area contributed by atoms with Gasteiger partial charge in [0, 0.05) is 7.05 Å². The fourth-order valence-corrected chi connectivity index (χ4v) is 2.17.